The van der Waals surface area contributed by atoms with Crippen molar-refractivity contribution in [2.45, 2.75) is 0 Å². The summed E-state index contributed by atoms with van der Waals surface area (Å²) < 4.78 is 17.3. The third-order valence-corrected chi connectivity index (χ3v) is 9.62. The zero-order valence-corrected chi connectivity index (χ0v) is 28.1. The Balaban J connectivity index is 1.74. The van der Waals surface area contributed by atoms with E-state index in [1.165, 1.54) is 0 Å². The van der Waals surface area contributed by atoms with Gasteiger partial charge >= 0.3 is 0 Å². The fourth-order valence-electron chi connectivity index (χ4n) is 7.33. The van der Waals surface area contributed by atoms with Gasteiger partial charge in [-0.3, -0.25) is 4.79 Å². The molecule has 4 heteroatoms. The molecule has 0 unspecified atom stereocenters. The van der Waals surface area contributed by atoms with E-state index in [2.05, 4.69) is 109 Å². The van der Waals surface area contributed by atoms with Crippen LogP contribution < -0.4 is 14.2 Å². The van der Waals surface area contributed by atoms with Crippen LogP contribution >= 0.6 is 0 Å². The van der Waals surface area contributed by atoms with Gasteiger partial charge in [-0.1, -0.05) is 109 Å². The largest absolute Gasteiger partial charge is 0.497 e. The standard InChI is InChI=1S/C46H34O4/c1-48-34-20-18-33(19-21-34)42-38-25-23-36(50-3)27-40(38)43(30-10-6-4-7-11-30)45-41(32-16-14-29(28-47)15-17-32)37-24-22-35(49-2)26-39(37)44(46(42)45)31-12-8-5-9-13-31/h4-28H,1-3H3. The Morgan fingerprint density at radius 3 is 1.14 bits per heavy atom. The molecule has 0 aromatic heterocycles. The van der Waals surface area contributed by atoms with E-state index in [1.54, 1.807) is 21.3 Å². The molecular weight excluding hydrogens is 617 g/mol. The highest BCUT2D eigenvalue weighted by molar-refractivity contribution is 6.34. The molecule has 8 rings (SSSR count). The average Bonchev–Trinajstić information content (AvgIpc) is 3.19. The first-order chi connectivity index (χ1) is 24.6. The van der Waals surface area contributed by atoms with E-state index in [1.807, 2.05) is 36.4 Å². The average molecular weight is 651 g/mol. The van der Waals surface area contributed by atoms with Crippen LogP contribution in [0.4, 0.5) is 0 Å². The molecule has 0 bridgehead atoms. The van der Waals surface area contributed by atoms with E-state index in [-0.39, 0.29) is 0 Å². The highest BCUT2D eigenvalue weighted by Gasteiger charge is 2.26. The number of hydrogen-bond acceptors (Lipinski definition) is 4. The summed E-state index contributed by atoms with van der Waals surface area (Å²) in [6.45, 7) is 0. The molecule has 0 N–H and O–H groups in total. The summed E-state index contributed by atoms with van der Waals surface area (Å²) >= 11 is 0. The van der Waals surface area contributed by atoms with Gasteiger partial charge in [-0.25, -0.2) is 0 Å². The Kier molecular flexibility index (Phi) is 7.98. The molecule has 0 heterocycles. The minimum atomic E-state index is 0.627. The first kappa shape index (κ1) is 30.9. The molecular formula is C46H34O4. The molecule has 50 heavy (non-hydrogen) atoms. The number of methoxy groups -OCH3 is 3. The van der Waals surface area contributed by atoms with Gasteiger partial charge in [0.15, 0.2) is 0 Å². The van der Waals surface area contributed by atoms with Crippen LogP contribution in [0.1, 0.15) is 10.4 Å². The van der Waals surface area contributed by atoms with Gasteiger partial charge in [0.25, 0.3) is 0 Å². The van der Waals surface area contributed by atoms with Crippen molar-refractivity contribution in [2.24, 2.45) is 0 Å². The van der Waals surface area contributed by atoms with Crippen molar-refractivity contribution in [2.75, 3.05) is 21.3 Å². The van der Waals surface area contributed by atoms with Crippen LogP contribution in [0.2, 0.25) is 0 Å². The third kappa shape index (κ3) is 5.13. The number of carbonyl (C=O) groups is 1. The molecule has 8 aromatic rings. The summed E-state index contributed by atoms with van der Waals surface area (Å²) in [4.78, 5) is 11.8. The highest BCUT2D eigenvalue weighted by atomic mass is 16.5. The molecule has 0 fully saturated rings. The van der Waals surface area contributed by atoms with Crippen LogP contribution in [0.25, 0.3) is 76.8 Å². The minimum Gasteiger partial charge on any atom is -0.497 e. The third-order valence-electron chi connectivity index (χ3n) is 9.62. The van der Waals surface area contributed by atoms with Crippen molar-refractivity contribution >= 4 is 38.6 Å². The fourth-order valence-corrected chi connectivity index (χ4v) is 7.33. The van der Waals surface area contributed by atoms with E-state index in [9.17, 15) is 4.79 Å². The quantitative estimate of drug-likeness (QED) is 0.121. The predicted octanol–water partition coefficient (Wildman–Crippen LogP) is 11.7. The van der Waals surface area contributed by atoms with Crippen LogP contribution in [0.5, 0.6) is 17.2 Å². The normalized spacial score (nSPS) is 11.2. The smallest absolute Gasteiger partial charge is 0.150 e. The molecule has 0 aliphatic heterocycles. The monoisotopic (exact) mass is 650 g/mol. The molecule has 0 atom stereocenters. The van der Waals surface area contributed by atoms with Gasteiger partial charge in [-0.15, -0.1) is 0 Å². The van der Waals surface area contributed by atoms with Gasteiger partial charge in [0.2, 0.25) is 0 Å². The summed E-state index contributed by atoms with van der Waals surface area (Å²) in [6.07, 6.45) is 0.889. The summed E-state index contributed by atoms with van der Waals surface area (Å²) in [7, 11) is 5.11. The maximum atomic E-state index is 11.8. The molecule has 4 nitrogen and oxygen atoms in total. The zero-order chi connectivity index (χ0) is 34.2. The molecule has 8 aromatic carbocycles. The first-order valence-electron chi connectivity index (χ1n) is 16.6. The lowest BCUT2D eigenvalue weighted by molar-refractivity contribution is 0.112. The zero-order valence-electron chi connectivity index (χ0n) is 28.1. The van der Waals surface area contributed by atoms with E-state index >= 15 is 0 Å². The highest BCUT2D eigenvalue weighted by Crippen LogP contribution is 2.54. The van der Waals surface area contributed by atoms with E-state index < -0.39 is 0 Å². The number of fused-ring (bicyclic) bond motifs is 3. The van der Waals surface area contributed by atoms with Crippen molar-refractivity contribution in [3.63, 3.8) is 0 Å². The fraction of sp³-hybridized carbons (Fsp3) is 0.0652. The van der Waals surface area contributed by atoms with Crippen LogP contribution in [0.3, 0.4) is 0 Å². The molecule has 0 spiro atoms. The molecule has 242 valence electrons. The van der Waals surface area contributed by atoms with E-state index in [0.717, 1.165) is 100 Å². The first-order valence-corrected chi connectivity index (χ1v) is 16.6. The molecule has 0 saturated heterocycles. The SMILES string of the molecule is COc1ccc(-c2c3ccc(OC)cc3c(-c3ccccc3)c3c(-c4ccc(C=O)cc4)c4ccc(OC)cc4c(-c4ccccc4)c23)cc1. The number of hydrogen-bond donors (Lipinski definition) is 0. The lowest BCUT2D eigenvalue weighted by atomic mass is 9.77. The predicted molar refractivity (Wildman–Crippen MR) is 206 cm³/mol. The van der Waals surface area contributed by atoms with Crippen LogP contribution in [0, 0.1) is 0 Å². The second-order valence-corrected chi connectivity index (χ2v) is 12.3. The van der Waals surface area contributed by atoms with Gasteiger partial charge in [0.05, 0.1) is 21.3 Å². The molecule has 0 aliphatic rings. The summed E-state index contributed by atoms with van der Waals surface area (Å²) in [5.41, 5.74) is 9.29. The van der Waals surface area contributed by atoms with E-state index in [4.69, 9.17) is 14.2 Å². The van der Waals surface area contributed by atoms with Gasteiger partial charge in [0.1, 0.15) is 23.5 Å². The van der Waals surface area contributed by atoms with Gasteiger partial charge < -0.3 is 14.2 Å². The Bertz CT molecular complexity index is 2520. The maximum absolute atomic E-state index is 11.8. The maximum Gasteiger partial charge on any atom is 0.150 e. The molecule has 0 amide bonds. The van der Waals surface area contributed by atoms with Crippen molar-refractivity contribution in [3.8, 4) is 61.8 Å². The lowest BCUT2D eigenvalue weighted by Gasteiger charge is -2.26. The summed E-state index contributed by atoms with van der Waals surface area (Å²) in [5, 5.41) is 6.55. The van der Waals surface area contributed by atoms with Crippen LogP contribution in [-0.2, 0) is 0 Å². The number of benzene rings is 8. The molecule has 0 saturated carbocycles. The van der Waals surface area contributed by atoms with Crippen LogP contribution in [-0.4, -0.2) is 27.6 Å². The topological polar surface area (TPSA) is 44.8 Å². The number of ether oxygens (including phenoxy) is 3. The Morgan fingerprint density at radius 2 is 0.740 bits per heavy atom. The summed E-state index contributed by atoms with van der Waals surface area (Å²) in [6, 6.07) is 50.2. The Labute approximate surface area is 291 Å². The Hall–Kier alpha value is -6.39. The number of carbonyl (C=O) groups excluding carboxylic acids is 1. The van der Waals surface area contributed by atoms with Gasteiger partial charge in [-0.05, 0) is 113 Å². The second-order valence-electron chi connectivity index (χ2n) is 12.3. The number of aldehydes is 1. The number of rotatable bonds is 8. The van der Waals surface area contributed by atoms with Crippen molar-refractivity contribution in [3.05, 3.63) is 151 Å². The van der Waals surface area contributed by atoms with Crippen molar-refractivity contribution < 1.29 is 19.0 Å². The summed E-state index contributed by atoms with van der Waals surface area (Å²) in [5.74, 6) is 2.34. The van der Waals surface area contributed by atoms with Crippen molar-refractivity contribution in [1.29, 1.82) is 0 Å². The minimum absolute atomic E-state index is 0.627. The van der Waals surface area contributed by atoms with Gasteiger partial charge in [0, 0.05) is 5.56 Å². The molecule has 0 aliphatic carbocycles. The van der Waals surface area contributed by atoms with Crippen LogP contribution in [0.15, 0.2) is 146 Å². The van der Waals surface area contributed by atoms with E-state index in [0.29, 0.717) is 5.56 Å². The molecule has 0 radical (unpaired) electrons. The Morgan fingerprint density at radius 1 is 0.380 bits per heavy atom. The second kappa shape index (κ2) is 12.9. The lowest BCUT2D eigenvalue weighted by Crippen LogP contribution is -1.98. The van der Waals surface area contributed by atoms with Gasteiger partial charge in [-0.2, -0.15) is 0 Å². The van der Waals surface area contributed by atoms with Crippen molar-refractivity contribution in [1.82, 2.24) is 0 Å².